The molecule has 0 amide bonds. The van der Waals surface area contributed by atoms with Crippen molar-refractivity contribution in [3.8, 4) is 0 Å². The molecule has 1 aromatic heterocycles. The Labute approximate surface area is 116 Å². The Morgan fingerprint density at radius 3 is 2.21 bits per heavy atom. The van der Waals surface area contributed by atoms with E-state index in [4.69, 9.17) is 0 Å². The van der Waals surface area contributed by atoms with Crippen molar-refractivity contribution >= 4 is 11.5 Å². The molecule has 1 N–H and O–H groups in total. The maximum Gasteiger partial charge on any atom is 0.128 e. The van der Waals surface area contributed by atoms with Crippen molar-refractivity contribution < 1.29 is 0 Å². The highest BCUT2D eigenvalue weighted by atomic mass is 15.2. The van der Waals surface area contributed by atoms with Crippen molar-refractivity contribution in [1.82, 2.24) is 4.98 Å². The first kappa shape index (κ1) is 12.8. The van der Waals surface area contributed by atoms with Crippen LogP contribution < -0.4 is 10.2 Å². The first-order valence-electron chi connectivity index (χ1n) is 7.79. The van der Waals surface area contributed by atoms with Crippen LogP contribution in [-0.4, -0.2) is 24.1 Å². The van der Waals surface area contributed by atoms with Gasteiger partial charge in [-0.1, -0.05) is 0 Å². The largest absolute Gasteiger partial charge is 0.381 e. The molecule has 2 saturated carbocycles. The molecular formula is C16H25N3. The van der Waals surface area contributed by atoms with Gasteiger partial charge in [0.25, 0.3) is 0 Å². The van der Waals surface area contributed by atoms with Crippen LogP contribution >= 0.6 is 0 Å². The molecule has 3 nitrogen and oxygen atoms in total. The van der Waals surface area contributed by atoms with Gasteiger partial charge in [-0.05, 0) is 63.5 Å². The zero-order valence-electron chi connectivity index (χ0n) is 12.1. The van der Waals surface area contributed by atoms with Crippen LogP contribution in [0.4, 0.5) is 11.5 Å². The molecule has 3 rings (SSSR count). The summed E-state index contributed by atoms with van der Waals surface area (Å²) in [5, 5.41) is 3.72. The Balaban J connectivity index is 1.64. The van der Waals surface area contributed by atoms with E-state index >= 15 is 0 Å². The van der Waals surface area contributed by atoms with E-state index in [2.05, 4.69) is 41.2 Å². The maximum absolute atomic E-state index is 4.60. The van der Waals surface area contributed by atoms with E-state index in [0.717, 1.165) is 30.7 Å². The number of nitrogens with zero attached hydrogens (tertiary/aromatic N) is 2. The van der Waals surface area contributed by atoms with Crippen molar-refractivity contribution in [2.45, 2.75) is 45.6 Å². The molecule has 0 radical (unpaired) electrons. The first-order chi connectivity index (χ1) is 9.31. The third-order valence-electron chi connectivity index (χ3n) is 4.43. The van der Waals surface area contributed by atoms with Gasteiger partial charge in [0.15, 0.2) is 0 Å². The predicted octanol–water partition coefficient (Wildman–Crippen LogP) is 3.53. The smallest absolute Gasteiger partial charge is 0.128 e. The predicted molar refractivity (Wildman–Crippen MR) is 80.7 cm³/mol. The molecule has 1 aromatic rings. The van der Waals surface area contributed by atoms with Crippen molar-refractivity contribution in [3.63, 3.8) is 0 Å². The molecule has 2 aliphatic rings. The molecule has 0 bridgehead atoms. The summed E-state index contributed by atoms with van der Waals surface area (Å²) in [4.78, 5) is 6.88. The van der Waals surface area contributed by atoms with E-state index in [1.807, 2.05) is 6.20 Å². The van der Waals surface area contributed by atoms with E-state index in [9.17, 15) is 0 Å². The van der Waals surface area contributed by atoms with Crippen molar-refractivity contribution in [3.05, 3.63) is 18.3 Å². The number of pyridine rings is 1. The zero-order valence-corrected chi connectivity index (χ0v) is 12.1. The molecule has 0 atom stereocenters. The van der Waals surface area contributed by atoms with Crippen LogP contribution in [0.25, 0.3) is 0 Å². The van der Waals surface area contributed by atoms with Crippen LogP contribution in [0, 0.1) is 11.8 Å². The average molecular weight is 259 g/mol. The van der Waals surface area contributed by atoms with Gasteiger partial charge in [0.05, 0.1) is 11.9 Å². The summed E-state index contributed by atoms with van der Waals surface area (Å²) in [7, 11) is 0. The van der Waals surface area contributed by atoms with Crippen LogP contribution in [0.2, 0.25) is 0 Å². The van der Waals surface area contributed by atoms with Gasteiger partial charge in [-0.2, -0.15) is 0 Å². The van der Waals surface area contributed by atoms with Gasteiger partial charge in [0.2, 0.25) is 0 Å². The minimum Gasteiger partial charge on any atom is -0.381 e. The van der Waals surface area contributed by atoms with Crippen LogP contribution in [0.3, 0.4) is 0 Å². The Morgan fingerprint density at radius 1 is 1.16 bits per heavy atom. The molecule has 0 unspecified atom stereocenters. The van der Waals surface area contributed by atoms with Gasteiger partial charge >= 0.3 is 0 Å². The minimum atomic E-state index is 0.709. The Kier molecular flexibility index (Phi) is 3.63. The lowest BCUT2D eigenvalue weighted by Gasteiger charge is -2.22. The third kappa shape index (κ3) is 3.02. The van der Waals surface area contributed by atoms with Crippen molar-refractivity contribution in [1.29, 1.82) is 0 Å². The molecule has 0 spiro atoms. The zero-order chi connectivity index (χ0) is 13.2. The number of hydrogen-bond donors (Lipinski definition) is 1. The van der Waals surface area contributed by atoms with Gasteiger partial charge in [-0.3, -0.25) is 0 Å². The van der Waals surface area contributed by atoms with Crippen LogP contribution in [0.15, 0.2) is 18.3 Å². The molecule has 0 aromatic carbocycles. The van der Waals surface area contributed by atoms with E-state index in [-0.39, 0.29) is 0 Å². The molecule has 2 fully saturated rings. The SMILES string of the molecule is CCN(CC)c1ccc(NC(C2CC2)C2CC2)cn1. The molecule has 1 heterocycles. The molecule has 2 aliphatic carbocycles. The topological polar surface area (TPSA) is 28.2 Å². The summed E-state index contributed by atoms with van der Waals surface area (Å²) in [6.07, 6.45) is 7.67. The molecule has 104 valence electrons. The first-order valence-corrected chi connectivity index (χ1v) is 7.79. The average Bonchev–Trinajstić information content (AvgIpc) is 3.30. The van der Waals surface area contributed by atoms with Gasteiger partial charge < -0.3 is 10.2 Å². The van der Waals surface area contributed by atoms with E-state index in [1.54, 1.807) is 0 Å². The quantitative estimate of drug-likeness (QED) is 0.812. The fraction of sp³-hybridized carbons (Fsp3) is 0.688. The van der Waals surface area contributed by atoms with Crippen molar-refractivity contribution in [2.24, 2.45) is 11.8 Å². The molecule has 3 heteroatoms. The van der Waals surface area contributed by atoms with Crippen LogP contribution in [0.1, 0.15) is 39.5 Å². The monoisotopic (exact) mass is 259 g/mol. The number of rotatable bonds is 7. The van der Waals surface area contributed by atoms with Crippen LogP contribution in [0.5, 0.6) is 0 Å². The fourth-order valence-corrected chi connectivity index (χ4v) is 2.93. The third-order valence-corrected chi connectivity index (χ3v) is 4.43. The standard InChI is InChI=1S/C16H25N3/c1-3-19(4-2)15-10-9-14(11-17-15)18-16(12-5-6-12)13-7-8-13/h9-13,16,18H,3-8H2,1-2H3. The number of hydrogen-bond acceptors (Lipinski definition) is 3. The molecule has 0 aliphatic heterocycles. The minimum absolute atomic E-state index is 0.709. The lowest BCUT2D eigenvalue weighted by molar-refractivity contribution is 0.567. The lowest BCUT2D eigenvalue weighted by atomic mass is 10.1. The normalized spacial score (nSPS) is 18.7. The maximum atomic E-state index is 4.60. The van der Waals surface area contributed by atoms with Gasteiger partial charge in [-0.25, -0.2) is 4.98 Å². The summed E-state index contributed by atoms with van der Waals surface area (Å²) in [5.74, 6) is 2.94. The fourth-order valence-electron chi connectivity index (χ4n) is 2.93. The highest BCUT2D eigenvalue weighted by molar-refractivity contribution is 5.49. The van der Waals surface area contributed by atoms with E-state index in [0.29, 0.717) is 6.04 Å². The molecule has 0 saturated heterocycles. The van der Waals surface area contributed by atoms with E-state index in [1.165, 1.54) is 31.4 Å². The van der Waals surface area contributed by atoms with Gasteiger partial charge in [-0.15, -0.1) is 0 Å². The highest BCUT2D eigenvalue weighted by Crippen LogP contribution is 2.45. The van der Waals surface area contributed by atoms with Crippen LogP contribution in [-0.2, 0) is 0 Å². The second kappa shape index (κ2) is 5.40. The Morgan fingerprint density at radius 2 is 1.79 bits per heavy atom. The summed E-state index contributed by atoms with van der Waals surface area (Å²) in [5.41, 5.74) is 1.19. The van der Waals surface area contributed by atoms with E-state index < -0.39 is 0 Å². The van der Waals surface area contributed by atoms with Gasteiger partial charge in [0, 0.05) is 19.1 Å². The second-order valence-corrected chi connectivity index (χ2v) is 5.92. The summed E-state index contributed by atoms with van der Waals surface area (Å²) in [6, 6.07) is 5.05. The summed E-state index contributed by atoms with van der Waals surface area (Å²) >= 11 is 0. The number of nitrogens with one attached hydrogen (secondary N) is 1. The molecule has 19 heavy (non-hydrogen) atoms. The highest BCUT2D eigenvalue weighted by Gasteiger charge is 2.41. The molecular weight excluding hydrogens is 234 g/mol. The Hall–Kier alpha value is -1.25. The number of aromatic nitrogens is 1. The lowest BCUT2D eigenvalue weighted by Crippen LogP contribution is -2.25. The second-order valence-electron chi connectivity index (χ2n) is 5.92. The number of anilines is 2. The summed E-state index contributed by atoms with van der Waals surface area (Å²) < 4.78 is 0. The van der Waals surface area contributed by atoms with Crippen molar-refractivity contribution in [2.75, 3.05) is 23.3 Å². The summed E-state index contributed by atoms with van der Waals surface area (Å²) in [6.45, 7) is 6.38. The Bertz CT molecular complexity index is 391. The van der Waals surface area contributed by atoms with Gasteiger partial charge in [0.1, 0.15) is 5.82 Å².